The Hall–Kier alpha value is -1.62. The minimum Gasteiger partial charge on any atom is -0.477 e. The maximum atomic E-state index is 12.4. The van der Waals surface area contributed by atoms with Gasteiger partial charge >= 0.3 is 5.97 Å². The summed E-state index contributed by atoms with van der Waals surface area (Å²) in [6.07, 6.45) is 1.62. The van der Waals surface area contributed by atoms with Gasteiger partial charge in [0.2, 0.25) is 0 Å². The van der Waals surface area contributed by atoms with Crippen molar-refractivity contribution in [3.63, 3.8) is 0 Å². The highest BCUT2D eigenvalue weighted by Crippen LogP contribution is 2.22. The number of carboxylic acid groups (broad SMARTS) is 1. The van der Waals surface area contributed by atoms with Gasteiger partial charge in [-0.1, -0.05) is 13.8 Å². The Morgan fingerprint density at radius 1 is 1.45 bits per heavy atom. The largest absolute Gasteiger partial charge is 0.477 e. The first kappa shape index (κ1) is 14.8. The number of pyridine rings is 1. The van der Waals surface area contributed by atoms with E-state index in [1.165, 1.54) is 0 Å². The molecule has 0 amide bonds. The molecule has 0 aromatic carbocycles. The van der Waals surface area contributed by atoms with Crippen LogP contribution in [-0.2, 0) is 13.0 Å². The molecule has 110 valence electrons. The number of hydrogen-bond acceptors (Lipinski definition) is 3. The zero-order valence-electron chi connectivity index (χ0n) is 12.3. The van der Waals surface area contributed by atoms with Crippen molar-refractivity contribution in [1.82, 2.24) is 9.47 Å². The first-order valence-electron chi connectivity index (χ1n) is 7.22. The topological polar surface area (TPSA) is 62.5 Å². The summed E-state index contributed by atoms with van der Waals surface area (Å²) in [5, 5.41) is 9.24. The Bertz CT molecular complexity index is 577. The molecule has 0 bridgehead atoms. The minimum absolute atomic E-state index is 0.0312. The van der Waals surface area contributed by atoms with Crippen molar-refractivity contribution in [1.29, 1.82) is 0 Å². The summed E-state index contributed by atoms with van der Waals surface area (Å²) in [6.45, 7) is 8.66. The predicted octanol–water partition coefficient (Wildman–Crippen LogP) is 1.90. The SMILES string of the molecule is CCC(C)n1c2c(cc(C(=O)O)c1=O)CN(CC)CC2. The van der Waals surface area contributed by atoms with Crippen molar-refractivity contribution in [2.24, 2.45) is 0 Å². The molecule has 1 N–H and O–H groups in total. The number of likely N-dealkylation sites (N-methyl/N-ethyl adjacent to an activating group) is 1. The fourth-order valence-electron chi connectivity index (χ4n) is 2.80. The number of carboxylic acids is 1. The zero-order chi connectivity index (χ0) is 14.9. The van der Waals surface area contributed by atoms with Crippen LogP contribution in [0, 0.1) is 0 Å². The number of carbonyl (C=O) groups is 1. The van der Waals surface area contributed by atoms with Gasteiger partial charge in [-0.3, -0.25) is 9.69 Å². The molecule has 1 atom stereocenters. The van der Waals surface area contributed by atoms with E-state index in [2.05, 4.69) is 11.8 Å². The van der Waals surface area contributed by atoms with Gasteiger partial charge in [0.15, 0.2) is 0 Å². The molecule has 1 aliphatic heterocycles. The Kier molecular flexibility index (Phi) is 4.28. The number of aromatic nitrogens is 1. The smallest absolute Gasteiger partial charge is 0.341 e. The molecular weight excluding hydrogens is 256 g/mol. The summed E-state index contributed by atoms with van der Waals surface area (Å²) in [5.41, 5.74) is 1.52. The maximum Gasteiger partial charge on any atom is 0.341 e. The molecule has 1 aromatic rings. The highest BCUT2D eigenvalue weighted by atomic mass is 16.4. The first-order valence-corrected chi connectivity index (χ1v) is 7.22. The van der Waals surface area contributed by atoms with Crippen molar-refractivity contribution in [2.75, 3.05) is 13.1 Å². The Morgan fingerprint density at radius 3 is 2.70 bits per heavy atom. The molecule has 2 heterocycles. The van der Waals surface area contributed by atoms with E-state index in [1.807, 2.05) is 13.8 Å². The van der Waals surface area contributed by atoms with Crippen LogP contribution < -0.4 is 5.56 Å². The van der Waals surface area contributed by atoms with E-state index in [9.17, 15) is 14.7 Å². The fraction of sp³-hybridized carbons (Fsp3) is 0.600. The number of fused-ring (bicyclic) bond motifs is 1. The van der Waals surface area contributed by atoms with Crippen molar-refractivity contribution in [2.45, 2.75) is 46.2 Å². The van der Waals surface area contributed by atoms with E-state index in [4.69, 9.17) is 0 Å². The lowest BCUT2D eigenvalue weighted by Gasteiger charge is -2.31. The average molecular weight is 278 g/mol. The Morgan fingerprint density at radius 2 is 2.15 bits per heavy atom. The quantitative estimate of drug-likeness (QED) is 0.913. The Balaban J connectivity index is 2.63. The molecule has 1 aliphatic rings. The highest BCUT2D eigenvalue weighted by molar-refractivity contribution is 5.87. The lowest BCUT2D eigenvalue weighted by atomic mass is 10.0. The summed E-state index contributed by atoms with van der Waals surface area (Å²) in [6, 6.07) is 1.60. The molecule has 0 fully saturated rings. The van der Waals surface area contributed by atoms with E-state index >= 15 is 0 Å². The number of aromatic carboxylic acids is 1. The second kappa shape index (κ2) is 5.79. The predicted molar refractivity (Wildman–Crippen MR) is 77.3 cm³/mol. The molecule has 1 unspecified atom stereocenters. The van der Waals surface area contributed by atoms with Crippen molar-refractivity contribution in [3.05, 3.63) is 33.2 Å². The summed E-state index contributed by atoms with van der Waals surface area (Å²) < 4.78 is 1.70. The molecule has 20 heavy (non-hydrogen) atoms. The van der Waals surface area contributed by atoms with E-state index in [0.717, 1.165) is 43.7 Å². The molecule has 0 radical (unpaired) electrons. The van der Waals surface area contributed by atoms with Gasteiger partial charge in [0.05, 0.1) is 0 Å². The van der Waals surface area contributed by atoms with Crippen LogP contribution in [0.2, 0.25) is 0 Å². The number of rotatable bonds is 4. The summed E-state index contributed by atoms with van der Waals surface area (Å²) >= 11 is 0. The fourth-order valence-corrected chi connectivity index (χ4v) is 2.80. The van der Waals surface area contributed by atoms with Crippen LogP contribution >= 0.6 is 0 Å². The van der Waals surface area contributed by atoms with Crippen molar-refractivity contribution < 1.29 is 9.90 Å². The van der Waals surface area contributed by atoms with Gasteiger partial charge in [0, 0.05) is 31.2 Å². The zero-order valence-corrected chi connectivity index (χ0v) is 12.3. The molecule has 0 saturated heterocycles. The molecule has 0 saturated carbocycles. The van der Waals surface area contributed by atoms with Crippen molar-refractivity contribution in [3.8, 4) is 0 Å². The van der Waals surface area contributed by atoms with Crippen LogP contribution in [0.25, 0.3) is 0 Å². The van der Waals surface area contributed by atoms with Gasteiger partial charge in [0.1, 0.15) is 5.56 Å². The van der Waals surface area contributed by atoms with Gasteiger partial charge < -0.3 is 9.67 Å². The van der Waals surface area contributed by atoms with Crippen LogP contribution in [0.5, 0.6) is 0 Å². The highest BCUT2D eigenvalue weighted by Gasteiger charge is 2.24. The van der Waals surface area contributed by atoms with E-state index in [-0.39, 0.29) is 17.2 Å². The first-order chi connectivity index (χ1) is 9.49. The third kappa shape index (κ3) is 2.50. The molecule has 0 spiro atoms. The van der Waals surface area contributed by atoms with Gasteiger partial charge in [-0.15, -0.1) is 0 Å². The van der Waals surface area contributed by atoms with E-state index < -0.39 is 5.97 Å². The number of hydrogen-bond donors (Lipinski definition) is 1. The summed E-state index contributed by atoms with van der Waals surface area (Å²) in [4.78, 5) is 26.0. The van der Waals surface area contributed by atoms with E-state index in [1.54, 1.807) is 10.6 Å². The lowest BCUT2D eigenvalue weighted by Crippen LogP contribution is -2.38. The van der Waals surface area contributed by atoms with E-state index in [0.29, 0.717) is 0 Å². The minimum atomic E-state index is -1.14. The van der Waals surface area contributed by atoms with Crippen molar-refractivity contribution >= 4 is 5.97 Å². The van der Waals surface area contributed by atoms with Crippen LogP contribution in [0.4, 0.5) is 0 Å². The van der Waals surface area contributed by atoms with Crippen LogP contribution in [0.15, 0.2) is 10.9 Å². The van der Waals surface area contributed by atoms with Gasteiger partial charge in [-0.25, -0.2) is 4.79 Å². The van der Waals surface area contributed by atoms with Crippen LogP contribution in [-0.4, -0.2) is 33.6 Å². The lowest BCUT2D eigenvalue weighted by molar-refractivity contribution is 0.0693. The van der Waals surface area contributed by atoms with Gasteiger partial charge in [-0.2, -0.15) is 0 Å². The summed E-state index contributed by atoms with van der Waals surface area (Å²) in [5.74, 6) is -1.14. The molecule has 5 nitrogen and oxygen atoms in total. The standard InChI is InChI=1S/C15H22N2O3/c1-4-10(3)17-13-6-7-16(5-2)9-11(13)8-12(14(17)18)15(19)20/h8,10H,4-7,9H2,1-3H3,(H,19,20). The molecule has 0 aliphatic carbocycles. The van der Waals surface area contributed by atoms with Crippen LogP contribution in [0.1, 0.15) is 54.8 Å². The molecule has 2 rings (SSSR count). The second-order valence-corrected chi connectivity index (χ2v) is 5.39. The molecule has 5 heteroatoms. The third-order valence-corrected chi connectivity index (χ3v) is 4.20. The average Bonchev–Trinajstić information content (AvgIpc) is 2.45. The molecule has 1 aromatic heterocycles. The Labute approximate surface area is 118 Å². The molecular formula is C15H22N2O3. The third-order valence-electron chi connectivity index (χ3n) is 4.20. The van der Waals surface area contributed by atoms with Crippen LogP contribution in [0.3, 0.4) is 0 Å². The van der Waals surface area contributed by atoms with Gasteiger partial charge in [-0.05, 0) is 31.5 Å². The number of nitrogens with zero attached hydrogens (tertiary/aromatic N) is 2. The maximum absolute atomic E-state index is 12.4. The second-order valence-electron chi connectivity index (χ2n) is 5.39. The normalized spacial score (nSPS) is 16.8. The van der Waals surface area contributed by atoms with Gasteiger partial charge in [0.25, 0.3) is 5.56 Å². The monoisotopic (exact) mass is 278 g/mol. The summed E-state index contributed by atoms with van der Waals surface area (Å²) in [7, 11) is 0.